The lowest BCUT2D eigenvalue weighted by molar-refractivity contribution is 0.597. The van der Waals surface area contributed by atoms with Crippen LogP contribution >= 0.6 is 0 Å². The third kappa shape index (κ3) is 3.47. The highest BCUT2D eigenvalue weighted by Gasteiger charge is 2.10. The van der Waals surface area contributed by atoms with E-state index in [1.807, 2.05) is 13.1 Å². The van der Waals surface area contributed by atoms with Crippen molar-refractivity contribution in [2.45, 2.75) is 4.90 Å². The van der Waals surface area contributed by atoms with Gasteiger partial charge in [-0.15, -0.1) is 0 Å². The molecule has 0 aliphatic rings. The van der Waals surface area contributed by atoms with Gasteiger partial charge in [0.05, 0.1) is 4.90 Å². The predicted molar refractivity (Wildman–Crippen MR) is 60.8 cm³/mol. The smallest absolute Gasteiger partial charge is 0.238 e. The highest BCUT2D eigenvalue weighted by Crippen LogP contribution is 2.14. The van der Waals surface area contributed by atoms with Crippen LogP contribution in [0.2, 0.25) is 0 Å². The van der Waals surface area contributed by atoms with Crippen LogP contribution in [-0.4, -0.2) is 22.0 Å². The van der Waals surface area contributed by atoms with Crippen molar-refractivity contribution in [3.63, 3.8) is 0 Å². The van der Waals surface area contributed by atoms with Crippen molar-refractivity contribution < 1.29 is 8.42 Å². The van der Waals surface area contributed by atoms with Crippen LogP contribution in [0, 0.1) is 0 Å². The molecule has 0 saturated carbocycles. The fraction of sp³-hybridized carbons (Fsp3) is 0.200. The molecule has 0 aliphatic carbocycles. The Hall–Kier alpha value is -1.17. The second-order valence-electron chi connectivity index (χ2n) is 3.04. The van der Waals surface area contributed by atoms with Crippen LogP contribution in [0.15, 0.2) is 35.2 Å². The summed E-state index contributed by atoms with van der Waals surface area (Å²) in [7, 11) is -1.83. The molecule has 0 fully saturated rings. The maximum Gasteiger partial charge on any atom is 0.238 e. The van der Waals surface area contributed by atoms with E-state index < -0.39 is 10.0 Å². The summed E-state index contributed by atoms with van der Waals surface area (Å²) in [6.45, 7) is 0.680. The highest BCUT2D eigenvalue weighted by molar-refractivity contribution is 7.89. The zero-order valence-corrected chi connectivity index (χ0v) is 9.29. The molecule has 0 unspecified atom stereocenters. The number of primary sulfonamides is 1. The minimum absolute atomic E-state index is 0.150. The average Bonchev–Trinajstić information content (AvgIpc) is 2.17. The summed E-state index contributed by atoms with van der Waals surface area (Å²) in [5.41, 5.74) is 0.607. The fourth-order valence-corrected chi connectivity index (χ4v) is 1.91. The number of likely N-dealkylation sites (N-methyl/N-ethyl adjacent to an activating group) is 1. The van der Waals surface area contributed by atoms with Crippen LogP contribution in [0.25, 0.3) is 6.08 Å². The van der Waals surface area contributed by atoms with Crippen LogP contribution in [0.4, 0.5) is 0 Å². The topological polar surface area (TPSA) is 72.2 Å². The molecule has 3 N–H and O–H groups in total. The Morgan fingerprint density at radius 3 is 2.67 bits per heavy atom. The van der Waals surface area contributed by atoms with Crippen LogP contribution in [-0.2, 0) is 10.0 Å². The van der Waals surface area contributed by atoms with Gasteiger partial charge in [-0.25, -0.2) is 13.6 Å². The number of nitrogens with two attached hydrogens (primary N) is 1. The molecule has 82 valence electrons. The van der Waals surface area contributed by atoms with Crippen molar-refractivity contribution in [2.75, 3.05) is 13.6 Å². The molecular weight excluding hydrogens is 212 g/mol. The number of rotatable bonds is 4. The van der Waals surface area contributed by atoms with E-state index in [2.05, 4.69) is 5.32 Å². The zero-order valence-electron chi connectivity index (χ0n) is 8.47. The molecule has 1 aromatic carbocycles. The normalized spacial score (nSPS) is 12.1. The Morgan fingerprint density at radius 1 is 1.40 bits per heavy atom. The second-order valence-corrected chi connectivity index (χ2v) is 4.57. The minimum atomic E-state index is -3.64. The second kappa shape index (κ2) is 5.06. The molecule has 1 rings (SSSR count). The summed E-state index contributed by atoms with van der Waals surface area (Å²) >= 11 is 0. The van der Waals surface area contributed by atoms with E-state index in [4.69, 9.17) is 5.14 Å². The minimum Gasteiger partial charge on any atom is -0.316 e. The molecule has 0 heterocycles. The summed E-state index contributed by atoms with van der Waals surface area (Å²) in [4.78, 5) is 0.150. The van der Waals surface area contributed by atoms with E-state index in [1.165, 1.54) is 6.07 Å². The Bertz CT molecular complexity index is 452. The Kier molecular flexibility index (Phi) is 4.02. The van der Waals surface area contributed by atoms with Gasteiger partial charge in [0.1, 0.15) is 0 Å². The van der Waals surface area contributed by atoms with Crippen LogP contribution in [0.1, 0.15) is 5.56 Å². The summed E-state index contributed by atoms with van der Waals surface area (Å²) in [6.07, 6.45) is 3.57. The first-order valence-electron chi connectivity index (χ1n) is 4.48. The van der Waals surface area contributed by atoms with Crippen LogP contribution in [0.3, 0.4) is 0 Å². The van der Waals surface area contributed by atoms with Gasteiger partial charge >= 0.3 is 0 Å². The number of benzene rings is 1. The molecule has 0 atom stereocenters. The predicted octanol–water partition coefficient (Wildman–Crippen LogP) is 0.567. The van der Waals surface area contributed by atoms with Crippen LogP contribution < -0.4 is 10.5 Å². The van der Waals surface area contributed by atoms with E-state index in [1.54, 1.807) is 24.3 Å². The standard InChI is InChI=1S/C10H14N2O2S/c1-12-8-4-6-9-5-2-3-7-10(9)15(11,13)14/h2-7,12H,8H2,1H3,(H2,11,13,14). The first kappa shape index (κ1) is 11.9. The van der Waals surface area contributed by atoms with E-state index in [-0.39, 0.29) is 4.90 Å². The fourth-order valence-electron chi connectivity index (χ4n) is 1.18. The summed E-state index contributed by atoms with van der Waals surface area (Å²) in [5.74, 6) is 0. The summed E-state index contributed by atoms with van der Waals surface area (Å²) < 4.78 is 22.4. The first-order valence-corrected chi connectivity index (χ1v) is 6.03. The molecule has 0 radical (unpaired) electrons. The lowest BCUT2D eigenvalue weighted by atomic mass is 10.2. The van der Waals surface area contributed by atoms with Crippen molar-refractivity contribution in [2.24, 2.45) is 5.14 Å². The van der Waals surface area contributed by atoms with Crippen molar-refractivity contribution in [3.8, 4) is 0 Å². The molecule has 0 saturated heterocycles. The van der Waals surface area contributed by atoms with Crippen molar-refractivity contribution >= 4 is 16.1 Å². The molecule has 1 aromatic rings. The van der Waals surface area contributed by atoms with Gasteiger partial charge in [0.2, 0.25) is 10.0 Å². The number of nitrogens with one attached hydrogen (secondary N) is 1. The third-order valence-electron chi connectivity index (χ3n) is 1.84. The molecule has 4 nitrogen and oxygen atoms in total. The van der Waals surface area contributed by atoms with E-state index in [9.17, 15) is 8.42 Å². The largest absolute Gasteiger partial charge is 0.316 e. The van der Waals surface area contributed by atoms with E-state index >= 15 is 0 Å². The molecule has 0 aromatic heterocycles. The Labute approximate surface area is 89.9 Å². The monoisotopic (exact) mass is 226 g/mol. The van der Waals surface area contributed by atoms with Crippen LogP contribution in [0.5, 0.6) is 0 Å². The van der Waals surface area contributed by atoms with Gasteiger partial charge in [-0.05, 0) is 18.7 Å². The summed E-state index contributed by atoms with van der Waals surface area (Å²) in [6, 6.07) is 6.63. The SMILES string of the molecule is CNCC=Cc1ccccc1S(N)(=O)=O. The van der Waals surface area contributed by atoms with Crippen molar-refractivity contribution in [1.82, 2.24) is 5.32 Å². The van der Waals surface area contributed by atoms with Crippen molar-refractivity contribution in [3.05, 3.63) is 35.9 Å². The van der Waals surface area contributed by atoms with Gasteiger partial charge in [0, 0.05) is 6.54 Å². The van der Waals surface area contributed by atoms with Gasteiger partial charge < -0.3 is 5.32 Å². The molecule has 0 amide bonds. The molecular formula is C10H14N2O2S. The molecule has 15 heavy (non-hydrogen) atoms. The number of hydrogen-bond donors (Lipinski definition) is 2. The molecule has 5 heteroatoms. The third-order valence-corrected chi connectivity index (χ3v) is 2.83. The summed E-state index contributed by atoms with van der Waals surface area (Å²) in [5, 5.41) is 8.01. The zero-order chi connectivity index (χ0) is 11.3. The number of hydrogen-bond acceptors (Lipinski definition) is 3. The van der Waals surface area contributed by atoms with Gasteiger partial charge in [-0.1, -0.05) is 30.4 Å². The van der Waals surface area contributed by atoms with Gasteiger partial charge in [0.15, 0.2) is 0 Å². The number of sulfonamides is 1. The maximum absolute atomic E-state index is 11.2. The Balaban J connectivity index is 3.08. The molecule has 0 spiro atoms. The molecule has 0 aliphatic heterocycles. The lowest BCUT2D eigenvalue weighted by Crippen LogP contribution is -2.13. The lowest BCUT2D eigenvalue weighted by Gasteiger charge is -2.02. The first-order chi connectivity index (χ1) is 7.05. The quantitative estimate of drug-likeness (QED) is 0.788. The van der Waals surface area contributed by atoms with E-state index in [0.29, 0.717) is 12.1 Å². The van der Waals surface area contributed by atoms with Crippen molar-refractivity contribution in [1.29, 1.82) is 0 Å². The van der Waals surface area contributed by atoms with Gasteiger partial charge in [-0.2, -0.15) is 0 Å². The van der Waals surface area contributed by atoms with E-state index in [0.717, 1.165) is 0 Å². The van der Waals surface area contributed by atoms with Gasteiger partial charge in [0.25, 0.3) is 0 Å². The van der Waals surface area contributed by atoms with Gasteiger partial charge in [-0.3, -0.25) is 0 Å². The highest BCUT2D eigenvalue weighted by atomic mass is 32.2. The average molecular weight is 226 g/mol. The Morgan fingerprint density at radius 2 is 2.07 bits per heavy atom. The maximum atomic E-state index is 11.2. The molecule has 0 bridgehead atoms.